The fourth-order valence-corrected chi connectivity index (χ4v) is 1.55. The fraction of sp³-hybridized carbons (Fsp3) is 0.455. The zero-order chi connectivity index (χ0) is 13.2. The van der Waals surface area contributed by atoms with Gasteiger partial charge in [-0.1, -0.05) is 0 Å². The zero-order valence-corrected chi connectivity index (χ0v) is 9.45. The minimum atomic E-state index is -3.17. The molecule has 0 aliphatic carbocycles. The summed E-state index contributed by atoms with van der Waals surface area (Å²) in [4.78, 5) is 0. The molecular weight excluding hydrogens is 248 g/mol. The number of benzene rings is 1. The van der Waals surface area contributed by atoms with Gasteiger partial charge < -0.3 is 25.0 Å². The van der Waals surface area contributed by atoms with Crippen LogP contribution in [0.2, 0.25) is 0 Å². The summed E-state index contributed by atoms with van der Waals surface area (Å²) < 4.78 is 35.7. The molecule has 3 N–H and O–H groups in total. The first kappa shape index (κ1) is 12.8. The molecule has 1 aromatic carbocycles. The van der Waals surface area contributed by atoms with Crippen molar-refractivity contribution in [1.29, 1.82) is 0 Å². The van der Waals surface area contributed by atoms with Gasteiger partial charge in [-0.2, -0.15) is 0 Å². The van der Waals surface area contributed by atoms with Crippen LogP contribution in [0.1, 0.15) is 5.56 Å². The van der Waals surface area contributed by atoms with Gasteiger partial charge in [0.25, 0.3) is 5.92 Å². The van der Waals surface area contributed by atoms with Crippen molar-refractivity contribution >= 4 is 0 Å². The maximum atomic E-state index is 12.8. The summed E-state index contributed by atoms with van der Waals surface area (Å²) in [5, 5.41) is 20.5. The van der Waals surface area contributed by atoms with Crippen molar-refractivity contribution in [2.24, 2.45) is 0 Å². The number of ether oxygens (including phenoxy) is 2. The number of phenols is 1. The number of aliphatic hydroxyl groups is 1. The maximum absolute atomic E-state index is 12.8. The third-order valence-electron chi connectivity index (χ3n) is 2.50. The number of hydrogen-bond acceptors (Lipinski definition) is 5. The Bertz CT molecular complexity index is 439. The molecule has 1 heterocycles. The lowest BCUT2D eigenvalue weighted by Crippen LogP contribution is -2.35. The van der Waals surface area contributed by atoms with E-state index in [0.717, 1.165) is 0 Å². The van der Waals surface area contributed by atoms with Crippen molar-refractivity contribution in [3.8, 4) is 17.2 Å². The molecule has 0 saturated carbocycles. The van der Waals surface area contributed by atoms with E-state index in [4.69, 9.17) is 14.6 Å². The van der Waals surface area contributed by atoms with Crippen LogP contribution in [0, 0.1) is 0 Å². The first-order valence-corrected chi connectivity index (χ1v) is 5.33. The second-order valence-corrected chi connectivity index (χ2v) is 3.95. The van der Waals surface area contributed by atoms with Crippen molar-refractivity contribution in [3.05, 3.63) is 17.7 Å². The molecular formula is C11H13F2NO4. The molecule has 0 saturated heterocycles. The van der Waals surface area contributed by atoms with E-state index in [2.05, 4.69) is 5.32 Å². The van der Waals surface area contributed by atoms with E-state index < -0.39 is 19.1 Å². The predicted octanol–water partition coefficient (Wildman–Crippen LogP) is 0.838. The Hall–Kier alpha value is -1.60. The molecule has 0 aromatic heterocycles. The second kappa shape index (κ2) is 4.95. The van der Waals surface area contributed by atoms with Gasteiger partial charge >= 0.3 is 0 Å². The van der Waals surface area contributed by atoms with E-state index in [1.165, 1.54) is 12.1 Å². The lowest BCUT2D eigenvalue weighted by Gasteiger charge is -2.14. The average molecular weight is 261 g/mol. The van der Waals surface area contributed by atoms with Crippen LogP contribution in [-0.4, -0.2) is 36.1 Å². The number of fused-ring (bicyclic) bond motifs is 1. The van der Waals surface area contributed by atoms with E-state index in [9.17, 15) is 13.9 Å². The number of alkyl halides is 2. The largest absolute Gasteiger partial charge is 0.507 e. The summed E-state index contributed by atoms with van der Waals surface area (Å²) in [6.45, 7) is -1.77. The molecule has 0 atom stereocenters. The van der Waals surface area contributed by atoms with E-state index in [-0.39, 0.29) is 19.1 Å². The number of phenolic OH excluding ortho intramolecular Hbond substituents is 1. The number of hydrogen-bond donors (Lipinski definition) is 3. The van der Waals surface area contributed by atoms with Crippen LogP contribution in [-0.2, 0) is 6.54 Å². The SMILES string of the molecule is OCC(F)(F)CNCc1cc2c(cc1O)OCO2. The highest BCUT2D eigenvalue weighted by atomic mass is 19.3. The molecule has 0 unspecified atom stereocenters. The van der Waals surface area contributed by atoms with Crippen LogP contribution in [0.3, 0.4) is 0 Å². The normalized spacial score (nSPS) is 13.9. The van der Waals surface area contributed by atoms with Gasteiger partial charge in [-0.25, -0.2) is 8.78 Å². The topological polar surface area (TPSA) is 71.0 Å². The molecule has 18 heavy (non-hydrogen) atoms. The average Bonchev–Trinajstić information content (AvgIpc) is 2.76. The third-order valence-corrected chi connectivity index (χ3v) is 2.50. The Balaban J connectivity index is 1.98. The summed E-state index contributed by atoms with van der Waals surface area (Å²) in [6.07, 6.45) is 0. The smallest absolute Gasteiger partial charge is 0.282 e. The molecule has 100 valence electrons. The highest BCUT2D eigenvalue weighted by Crippen LogP contribution is 2.37. The van der Waals surface area contributed by atoms with Gasteiger partial charge in [0, 0.05) is 18.2 Å². The van der Waals surface area contributed by atoms with Crippen molar-refractivity contribution in [2.75, 3.05) is 19.9 Å². The van der Waals surface area contributed by atoms with Gasteiger partial charge in [0.15, 0.2) is 11.5 Å². The van der Waals surface area contributed by atoms with E-state index in [1.807, 2.05) is 0 Å². The second-order valence-electron chi connectivity index (χ2n) is 3.95. The predicted molar refractivity (Wildman–Crippen MR) is 58.0 cm³/mol. The summed E-state index contributed by atoms with van der Waals surface area (Å²) in [7, 11) is 0. The van der Waals surface area contributed by atoms with Crippen molar-refractivity contribution in [1.82, 2.24) is 5.32 Å². The number of aliphatic hydroxyl groups excluding tert-OH is 1. The van der Waals surface area contributed by atoms with Gasteiger partial charge in [-0.05, 0) is 6.07 Å². The molecule has 1 aliphatic rings. The molecule has 5 nitrogen and oxygen atoms in total. The Labute approximate surface area is 102 Å². The van der Waals surface area contributed by atoms with Crippen LogP contribution in [0.5, 0.6) is 17.2 Å². The standard InChI is InChI=1S/C11H13F2NO4/c12-11(13,5-15)4-14-3-7-1-9-10(2-8(7)16)18-6-17-9/h1-2,14-16H,3-6H2. The molecule has 1 aliphatic heterocycles. The molecule has 0 amide bonds. The van der Waals surface area contributed by atoms with Crippen LogP contribution < -0.4 is 14.8 Å². The molecule has 7 heteroatoms. The fourth-order valence-electron chi connectivity index (χ4n) is 1.55. The number of halogens is 2. The summed E-state index contributed by atoms with van der Waals surface area (Å²) >= 11 is 0. The first-order valence-electron chi connectivity index (χ1n) is 5.33. The Morgan fingerprint density at radius 3 is 2.61 bits per heavy atom. The summed E-state index contributed by atoms with van der Waals surface area (Å²) in [5.74, 6) is -2.33. The number of nitrogens with one attached hydrogen (secondary N) is 1. The monoisotopic (exact) mass is 261 g/mol. The van der Waals surface area contributed by atoms with Crippen LogP contribution >= 0.6 is 0 Å². The minimum Gasteiger partial charge on any atom is -0.507 e. The Kier molecular flexibility index (Phi) is 3.53. The summed E-state index contributed by atoms with van der Waals surface area (Å²) in [5.41, 5.74) is 0.424. The molecule has 0 fully saturated rings. The molecule has 0 radical (unpaired) electrons. The van der Waals surface area contributed by atoms with E-state index in [1.54, 1.807) is 0 Å². The van der Waals surface area contributed by atoms with Gasteiger partial charge in [0.1, 0.15) is 12.4 Å². The first-order chi connectivity index (χ1) is 8.52. The van der Waals surface area contributed by atoms with Gasteiger partial charge in [0.2, 0.25) is 6.79 Å². The van der Waals surface area contributed by atoms with Crippen molar-refractivity contribution in [3.63, 3.8) is 0 Å². The zero-order valence-electron chi connectivity index (χ0n) is 9.45. The Morgan fingerprint density at radius 2 is 1.94 bits per heavy atom. The van der Waals surface area contributed by atoms with Crippen LogP contribution in [0.15, 0.2) is 12.1 Å². The Morgan fingerprint density at radius 1 is 1.28 bits per heavy atom. The lowest BCUT2D eigenvalue weighted by atomic mass is 10.1. The summed E-state index contributed by atoms with van der Waals surface area (Å²) in [6, 6.07) is 2.91. The van der Waals surface area contributed by atoms with Crippen molar-refractivity contribution < 1.29 is 28.5 Å². The van der Waals surface area contributed by atoms with Crippen LogP contribution in [0.4, 0.5) is 8.78 Å². The molecule has 0 spiro atoms. The maximum Gasteiger partial charge on any atom is 0.282 e. The minimum absolute atomic E-state index is 0.0397. The van der Waals surface area contributed by atoms with Gasteiger partial charge in [-0.3, -0.25) is 0 Å². The highest BCUT2D eigenvalue weighted by Gasteiger charge is 2.27. The molecule has 2 rings (SSSR count). The highest BCUT2D eigenvalue weighted by molar-refractivity contribution is 5.51. The quantitative estimate of drug-likeness (QED) is 0.732. The van der Waals surface area contributed by atoms with E-state index in [0.29, 0.717) is 17.1 Å². The van der Waals surface area contributed by atoms with Gasteiger partial charge in [-0.15, -0.1) is 0 Å². The van der Waals surface area contributed by atoms with Crippen LogP contribution in [0.25, 0.3) is 0 Å². The van der Waals surface area contributed by atoms with E-state index >= 15 is 0 Å². The van der Waals surface area contributed by atoms with Crippen molar-refractivity contribution in [2.45, 2.75) is 12.5 Å². The number of rotatable bonds is 5. The van der Waals surface area contributed by atoms with Gasteiger partial charge in [0.05, 0.1) is 6.54 Å². The molecule has 1 aromatic rings. The number of aromatic hydroxyl groups is 1. The molecule has 0 bridgehead atoms. The lowest BCUT2D eigenvalue weighted by molar-refractivity contribution is -0.0478. The third kappa shape index (κ3) is 2.80.